The van der Waals surface area contributed by atoms with Crippen molar-refractivity contribution < 1.29 is 31.1 Å². The molecule has 0 aromatic heterocycles. The molecule has 1 atom stereocenters. The van der Waals surface area contributed by atoms with Gasteiger partial charge in [-0.05, 0) is 45.0 Å². The van der Waals surface area contributed by atoms with E-state index in [2.05, 4.69) is 10.1 Å². The van der Waals surface area contributed by atoms with Gasteiger partial charge in [-0.25, -0.2) is 8.42 Å². The van der Waals surface area contributed by atoms with Gasteiger partial charge in [-0.1, -0.05) is 0 Å². The zero-order valence-electron chi connectivity index (χ0n) is 15.0. The second-order valence-electron chi connectivity index (χ2n) is 6.14. The van der Waals surface area contributed by atoms with Crippen molar-refractivity contribution in [1.29, 1.82) is 0 Å². The summed E-state index contributed by atoms with van der Waals surface area (Å²) in [7, 11) is -2.19. The summed E-state index contributed by atoms with van der Waals surface area (Å²) in [5.74, 6) is -0.533. The molecule has 26 heavy (non-hydrogen) atoms. The van der Waals surface area contributed by atoms with Crippen molar-refractivity contribution in [3.63, 3.8) is 0 Å². The van der Waals surface area contributed by atoms with E-state index >= 15 is 0 Å². The number of benzene rings is 1. The minimum Gasteiger partial charge on any atom is -0.370 e. The Balaban J connectivity index is 2.69. The van der Waals surface area contributed by atoms with E-state index in [9.17, 15) is 26.4 Å². The number of amides is 1. The first-order chi connectivity index (χ1) is 11.8. The minimum absolute atomic E-state index is 0.0480. The van der Waals surface area contributed by atoms with Gasteiger partial charge < -0.3 is 10.1 Å². The first-order valence-corrected chi connectivity index (χ1v) is 9.32. The lowest BCUT2D eigenvalue weighted by atomic mass is 10.2. The molecule has 1 rings (SSSR count). The van der Waals surface area contributed by atoms with Crippen molar-refractivity contribution >= 4 is 15.9 Å². The number of carbonyl (C=O) groups excluding carboxylic acids is 1. The van der Waals surface area contributed by atoms with E-state index < -0.39 is 34.8 Å². The fourth-order valence-electron chi connectivity index (χ4n) is 1.92. The number of halogens is 3. The Kier molecular flexibility index (Phi) is 7.60. The number of ether oxygens (including phenoxy) is 1. The Labute approximate surface area is 151 Å². The zero-order valence-corrected chi connectivity index (χ0v) is 15.8. The molecule has 0 aliphatic carbocycles. The Hall–Kier alpha value is -1.65. The maximum atomic E-state index is 12.3. The molecule has 1 unspecified atom stereocenters. The van der Waals surface area contributed by atoms with Crippen LogP contribution in [0.5, 0.6) is 0 Å². The topological polar surface area (TPSA) is 75.7 Å². The quantitative estimate of drug-likeness (QED) is 0.732. The average Bonchev–Trinajstić information content (AvgIpc) is 2.52. The Morgan fingerprint density at radius 1 is 1.19 bits per heavy atom. The third-order valence-electron chi connectivity index (χ3n) is 3.53. The molecule has 0 heterocycles. The summed E-state index contributed by atoms with van der Waals surface area (Å²) < 4.78 is 66.4. The molecule has 0 bridgehead atoms. The number of alkyl halides is 3. The number of rotatable bonds is 8. The van der Waals surface area contributed by atoms with E-state index in [1.54, 1.807) is 13.8 Å². The highest BCUT2D eigenvalue weighted by atomic mass is 32.2. The van der Waals surface area contributed by atoms with Crippen LogP contribution in [0.25, 0.3) is 0 Å². The van der Waals surface area contributed by atoms with Crippen LogP contribution in [0.4, 0.5) is 13.2 Å². The lowest BCUT2D eigenvalue weighted by Crippen LogP contribution is -2.37. The summed E-state index contributed by atoms with van der Waals surface area (Å²) in [6.07, 6.45) is -4.42. The van der Waals surface area contributed by atoms with Crippen LogP contribution in [-0.4, -0.2) is 57.2 Å². The predicted octanol–water partition coefficient (Wildman–Crippen LogP) is 2.41. The van der Waals surface area contributed by atoms with E-state index in [0.29, 0.717) is 0 Å². The lowest BCUT2D eigenvalue weighted by molar-refractivity contribution is -0.174. The number of nitrogens with one attached hydrogen (secondary N) is 1. The van der Waals surface area contributed by atoms with Crippen LogP contribution in [0.15, 0.2) is 29.2 Å². The van der Waals surface area contributed by atoms with Gasteiger partial charge in [-0.2, -0.15) is 17.5 Å². The van der Waals surface area contributed by atoms with Gasteiger partial charge in [0.1, 0.15) is 6.61 Å². The van der Waals surface area contributed by atoms with Gasteiger partial charge in [0.25, 0.3) is 5.91 Å². The first kappa shape index (κ1) is 22.4. The summed E-state index contributed by atoms with van der Waals surface area (Å²) in [6.45, 7) is 3.30. The highest BCUT2D eigenvalue weighted by molar-refractivity contribution is 7.89. The molecule has 0 aliphatic heterocycles. The molecule has 0 saturated heterocycles. The monoisotopic (exact) mass is 396 g/mol. The second-order valence-corrected chi connectivity index (χ2v) is 8.14. The normalized spacial score (nSPS) is 13.9. The van der Waals surface area contributed by atoms with Gasteiger partial charge in [-0.15, -0.1) is 0 Å². The van der Waals surface area contributed by atoms with E-state index in [-0.39, 0.29) is 23.1 Å². The minimum atomic E-state index is -4.42. The first-order valence-electron chi connectivity index (χ1n) is 7.88. The van der Waals surface area contributed by atoms with Crippen LogP contribution < -0.4 is 5.32 Å². The second kappa shape index (κ2) is 8.83. The fraction of sp³-hybridized carbons (Fsp3) is 0.562. The molecule has 1 amide bonds. The van der Waals surface area contributed by atoms with Crippen molar-refractivity contribution in [2.45, 2.75) is 43.9 Å². The number of hydrogen-bond acceptors (Lipinski definition) is 4. The van der Waals surface area contributed by atoms with Gasteiger partial charge in [0, 0.05) is 24.7 Å². The fourth-order valence-corrected chi connectivity index (χ4v) is 3.29. The van der Waals surface area contributed by atoms with Gasteiger partial charge in [0.2, 0.25) is 10.0 Å². The largest absolute Gasteiger partial charge is 0.411 e. The zero-order chi connectivity index (χ0) is 20.1. The van der Waals surface area contributed by atoms with Crippen molar-refractivity contribution in [2.75, 3.05) is 20.3 Å². The SMILES string of the molecule is CC(COCC(F)(F)F)NC(=O)c1ccc(S(=O)(=O)N(C)C(C)C)cc1. The van der Waals surface area contributed by atoms with Crippen LogP contribution >= 0.6 is 0 Å². The third kappa shape index (κ3) is 6.58. The maximum absolute atomic E-state index is 12.3. The Morgan fingerprint density at radius 2 is 1.73 bits per heavy atom. The summed E-state index contributed by atoms with van der Waals surface area (Å²) >= 11 is 0. The van der Waals surface area contributed by atoms with E-state index in [1.165, 1.54) is 42.5 Å². The molecule has 1 aromatic rings. The molecule has 10 heteroatoms. The summed E-state index contributed by atoms with van der Waals surface area (Å²) in [5.41, 5.74) is 0.193. The highest BCUT2D eigenvalue weighted by Crippen LogP contribution is 2.17. The van der Waals surface area contributed by atoms with Crippen LogP contribution in [-0.2, 0) is 14.8 Å². The van der Waals surface area contributed by atoms with Gasteiger partial charge >= 0.3 is 6.18 Å². The predicted molar refractivity (Wildman–Crippen MR) is 90.3 cm³/mol. The molecule has 0 radical (unpaired) electrons. The number of nitrogens with zero attached hydrogens (tertiary/aromatic N) is 1. The Morgan fingerprint density at radius 3 is 2.19 bits per heavy atom. The Bertz CT molecular complexity index is 703. The molecule has 0 fully saturated rings. The van der Waals surface area contributed by atoms with Crippen molar-refractivity contribution in [3.05, 3.63) is 29.8 Å². The molecule has 0 aliphatic rings. The van der Waals surface area contributed by atoms with Gasteiger partial charge in [-0.3, -0.25) is 4.79 Å². The molecule has 0 spiro atoms. The molecule has 1 aromatic carbocycles. The molecular formula is C16H23F3N2O4S. The summed E-state index contributed by atoms with van der Waals surface area (Å²) in [4.78, 5) is 12.1. The molecule has 148 valence electrons. The third-order valence-corrected chi connectivity index (χ3v) is 5.58. The lowest BCUT2D eigenvalue weighted by Gasteiger charge is -2.21. The molecule has 0 saturated carbocycles. The van der Waals surface area contributed by atoms with E-state index in [4.69, 9.17) is 0 Å². The smallest absolute Gasteiger partial charge is 0.370 e. The molecular weight excluding hydrogens is 373 g/mol. The van der Waals surface area contributed by atoms with E-state index in [1.807, 2.05) is 0 Å². The number of sulfonamides is 1. The van der Waals surface area contributed by atoms with Crippen molar-refractivity contribution in [1.82, 2.24) is 9.62 Å². The van der Waals surface area contributed by atoms with Crippen LogP contribution in [0.3, 0.4) is 0 Å². The van der Waals surface area contributed by atoms with Gasteiger partial charge in [0.05, 0.1) is 11.5 Å². The molecule has 1 N–H and O–H groups in total. The number of hydrogen-bond donors (Lipinski definition) is 1. The van der Waals surface area contributed by atoms with Crippen molar-refractivity contribution in [3.8, 4) is 0 Å². The summed E-state index contributed by atoms with van der Waals surface area (Å²) in [5, 5.41) is 2.49. The maximum Gasteiger partial charge on any atom is 0.411 e. The summed E-state index contributed by atoms with van der Waals surface area (Å²) in [6, 6.07) is 4.46. The van der Waals surface area contributed by atoms with Crippen LogP contribution in [0, 0.1) is 0 Å². The number of carbonyl (C=O) groups is 1. The van der Waals surface area contributed by atoms with Gasteiger partial charge in [0.15, 0.2) is 0 Å². The van der Waals surface area contributed by atoms with Crippen molar-refractivity contribution in [2.24, 2.45) is 0 Å². The highest BCUT2D eigenvalue weighted by Gasteiger charge is 2.28. The van der Waals surface area contributed by atoms with Crippen LogP contribution in [0.2, 0.25) is 0 Å². The van der Waals surface area contributed by atoms with Crippen LogP contribution in [0.1, 0.15) is 31.1 Å². The van der Waals surface area contributed by atoms with E-state index in [0.717, 1.165) is 0 Å². The molecule has 6 nitrogen and oxygen atoms in total. The standard InChI is InChI=1S/C16H23F3N2O4S/c1-11(2)21(4)26(23,24)14-7-5-13(6-8-14)15(22)20-12(3)9-25-10-16(17,18)19/h5-8,11-12H,9-10H2,1-4H3,(H,20,22). The average molecular weight is 396 g/mol.